The molecule has 1 aromatic rings. The Morgan fingerprint density at radius 2 is 2.21 bits per heavy atom. The van der Waals surface area contributed by atoms with Crippen molar-refractivity contribution in [3.8, 4) is 0 Å². The number of carbonyl (C=O) groups excluding carboxylic acids is 1. The monoisotopic (exact) mass is 264 g/mol. The second-order valence-electron chi connectivity index (χ2n) is 4.50. The first-order valence-corrected chi connectivity index (χ1v) is 6.10. The summed E-state index contributed by atoms with van der Waals surface area (Å²) in [6, 6.07) is 5.51. The van der Waals surface area contributed by atoms with E-state index in [2.05, 4.69) is 4.98 Å². The molecule has 0 aliphatic carbocycles. The lowest BCUT2D eigenvalue weighted by Crippen LogP contribution is -2.47. The van der Waals surface area contributed by atoms with Gasteiger partial charge in [-0.05, 0) is 18.6 Å². The molecular weight excluding hydrogens is 248 g/mol. The first kappa shape index (κ1) is 13.3. The Morgan fingerprint density at radius 1 is 1.42 bits per heavy atom. The molecule has 0 spiro atoms. The highest BCUT2D eigenvalue weighted by molar-refractivity contribution is 5.82. The van der Waals surface area contributed by atoms with Crippen molar-refractivity contribution in [2.45, 2.75) is 6.42 Å². The van der Waals surface area contributed by atoms with E-state index < -0.39 is 23.8 Å². The number of carboxylic acids is 1. The summed E-state index contributed by atoms with van der Waals surface area (Å²) in [7, 11) is 1.28. The van der Waals surface area contributed by atoms with Crippen LogP contribution in [0.5, 0.6) is 0 Å². The fraction of sp³-hybridized carbons (Fsp3) is 0.462. The van der Waals surface area contributed by atoms with Crippen molar-refractivity contribution in [3.05, 3.63) is 24.4 Å². The summed E-state index contributed by atoms with van der Waals surface area (Å²) in [5.74, 6) is -2.02. The maximum atomic E-state index is 11.7. The minimum Gasteiger partial charge on any atom is -0.481 e. The van der Waals surface area contributed by atoms with Crippen molar-refractivity contribution in [2.75, 3.05) is 25.1 Å². The Morgan fingerprint density at radius 3 is 2.79 bits per heavy atom. The molecule has 1 N–H and O–H groups in total. The van der Waals surface area contributed by atoms with E-state index in [1.165, 1.54) is 7.11 Å². The quantitative estimate of drug-likeness (QED) is 0.813. The largest absolute Gasteiger partial charge is 0.481 e. The molecule has 0 radical (unpaired) electrons. The van der Waals surface area contributed by atoms with Gasteiger partial charge in [-0.15, -0.1) is 0 Å². The summed E-state index contributed by atoms with van der Waals surface area (Å²) in [5.41, 5.74) is 0. The summed E-state index contributed by atoms with van der Waals surface area (Å²) >= 11 is 0. The van der Waals surface area contributed by atoms with E-state index in [9.17, 15) is 9.59 Å². The van der Waals surface area contributed by atoms with Gasteiger partial charge in [-0.1, -0.05) is 6.07 Å². The van der Waals surface area contributed by atoms with Crippen LogP contribution in [0.2, 0.25) is 0 Å². The van der Waals surface area contributed by atoms with E-state index in [0.717, 1.165) is 5.82 Å². The van der Waals surface area contributed by atoms with Crippen LogP contribution in [-0.2, 0) is 14.3 Å². The molecule has 102 valence electrons. The highest BCUT2D eigenvalue weighted by atomic mass is 16.5. The molecule has 2 heterocycles. The Balaban J connectivity index is 2.17. The third-order valence-electron chi connectivity index (χ3n) is 3.41. The van der Waals surface area contributed by atoms with Gasteiger partial charge in [-0.25, -0.2) is 4.98 Å². The lowest BCUT2D eigenvalue weighted by Gasteiger charge is -2.35. The number of carbonyl (C=O) groups is 2. The zero-order valence-corrected chi connectivity index (χ0v) is 10.7. The predicted molar refractivity (Wildman–Crippen MR) is 67.7 cm³/mol. The minimum atomic E-state index is -0.948. The molecule has 2 atom stereocenters. The zero-order valence-electron chi connectivity index (χ0n) is 10.7. The van der Waals surface area contributed by atoms with Crippen molar-refractivity contribution in [1.82, 2.24) is 4.98 Å². The highest BCUT2D eigenvalue weighted by Gasteiger charge is 2.39. The molecule has 2 unspecified atom stereocenters. The topological polar surface area (TPSA) is 79.7 Å². The molecule has 6 heteroatoms. The number of aliphatic carboxylic acids is 1. The normalized spacial score (nSPS) is 22.9. The van der Waals surface area contributed by atoms with Gasteiger partial charge >= 0.3 is 11.9 Å². The highest BCUT2D eigenvalue weighted by Crippen LogP contribution is 2.27. The molecule has 1 fully saturated rings. The number of pyridine rings is 1. The van der Waals surface area contributed by atoms with Crippen molar-refractivity contribution >= 4 is 17.8 Å². The first-order chi connectivity index (χ1) is 9.13. The number of ether oxygens (including phenoxy) is 1. The average Bonchev–Trinajstić information content (AvgIpc) is 2.46. The third-order valence-corrected chi connectivity index (χ3v) is 3.41. The molecule has 0 aromatic carbocycles. The van der Waals surface area contributed by atoms with Gasteiger partial charge in [0.25, 0.3) is 0 Å². The number of hydrogen-bond acceptors (Lipinski definition) is 5. The smallest absolute Gasteiger partial charge is 0.311 e. The molecule has 6 nitrogen and oxygen atoms in total. The number of piperidine rings is 1. The fourth-order valence-electron chi connectivity index (χ4n) is 2.39. The van der Waals surface area contributed by atoms with Gasteiger partial charge in [-0.2, -0.15) is 0 Å². The summed E-state index contributed by atoms with van der Waals surface area (Å²) in [6.45, 7) is 0.891. The van der Waals surface area contributed by atoms with Crippen LogP contribution in [0, 0.1) is 11.8 Å². The SMILES string of the molecule is COC(=O)C1CN(c2ccccn2)CCC1C(=O)O. The molecular formula is C13H16N2O4. The van der Waals surface area contributed by atoms with E-state index in [-0.39, 0.29) is 0 Å². The van der Waals surface area contributed by atoms with Crippen molar-refractivity contribution in [2.24, 2.45) is 11.8 Å². The number of nitrogens with zero attached hydrogens (tertiary/aromatic N) is 2. The Hall–Kier alpha value is -2.11. The minimum absolute atomic E-state index is 0.320. The molecule has 0 amide bonds. The number of rotatable bonds is 3. The molecule has 0 bridgehead atoms. The van der Waals surface area contributed by atoms with E-state index >= 15 is 0 Å². The van der Waals surface area contributed by atoms with Crippen LogP contribution >= 0.6 is 0 Å². The number of anilines is 1. The standard InChI is InChI=1S/C13H16N2O4/c1-19-13(18)10-8-15(7-5-9(10)12(16)17)11-4-2-3-6-14-11/h2-4,6,9-10H,5,7-8H2,1H3,(H,16,17). The Labute approximate surface area is 111 Å². The molecule has 19 heavy (non-hydrogen) atoms. The van der Waals surface area contributed by atoms with Gasteiger partial charge < -0.3 is 14.7 Å². The predicted octanol–water partition coefficient (Wildman–Crippen LogP) is 0.782. The lowest BCUT2D eigenvalue weighted by atomic mass is 9.85. The lowest BCUT2D eigenvalue weighted by molar-refractivity contribution is -0.156. The van der Waals surface area contributed by atoms with E-state index in [4.69, 9.17) is 9.84 Å². The van der Waals surface area contributed by atoms with Crippen LogP contribution in [-0.4, -0.2) is 42.2 Å². The number of carboxylic acid groups (broad SMARTS) is 1. The third kappa shape index (κ3) is 2.83. The van der Waals surface area contributed by atoms with Gasteiger partial charge in [0.1, 0.15) is 5.82 Å². The van der Waals surface area contributed by atoms with Crippen LogP contribution in [0.4, 0.5) is 5.82 Å². The molecule has 0 saturated carbocycles. The van der Waals surface area contributed by atoms with Crippen molar-refractivity contribution < 1.29 is 19.4 Å². The van der Waals surface area contributed by atoms with Gasteiger partial charge in [0.05, 0.1) is 18.9 Å². The average molecular weight is 264 g/mol. The summed E-state index contributed by atoms with van der Waals surface area (Å²) in [6.07, 6.45) is 2.08. The van der Waals surface area contributed by atoms with Gasteiger partial charge in [0.2, 0.25) is 0 Å². The number of esters is 1. The van der Waals surface area contributed by atoms with Crippen LogP contribution in [0.15, 0.2) is 24.4 Å². The molecule has 2 rings (SSSR count). The Bertz CT molecular complexity index is 463. The summed E-state index contributed by atoms with van der Waals surface area (Å²) < 4.78 is 4.70. The second-order valence-corrected chi connectivity index (χ2v) is 4.50. The van der Waals surface area contributed by atoms with Gasteiger partial charge in [-0.3, -0.25) is 9.59 Å². The summed E-state index contributed by atoms with van der Waals surface area (Å²) in [5, 5.41) is 9.17. The maximum absolute atomic E-state index is 11.7. The molecule has 1 aliphatic rings. The molecule has 1 saturated heterocycles. The van der Waals surface area contributed by atoms with Crippen molar-refractivity contribution in [3.63, 3.8) is 0 Å². The van der Waals surface area contributed by atoms with Gasteiger partial charge in [0, 0.05) is 19.3 Å². The van der Waals surface area contributed by atoms with Crippen LogP contribution < -0.4 is 4.90 Å². The second kappa shape index (κ2) is 5.69. The maximum Gasteiger partial charge on any atom is 0.311 e. The van der Waals surface area contributed by atoms with Gasteiger partial charge in [0.15, 0.2) is 0 Å². The van der Waals surface area contributed by atoms with E-state index in [1.807, 2.05) is 23.1 Å². The number of hydrogen-bond donors (Lipinski definition) is 1. The molecule has 1 aromatic heterocycles. The Kier molecular flexibility index (Phi) is 3.99. The zero-order chi connectivity index (χ0) is 13.8. The van der Waals surface area contributed by atoms with Crippen LogP contribution in [0.25, 0.3) is 0 Å². The first-order valence-electron chi connectivity index (χ1n) is 6.10. The van der Waals surface area contributed by atoms with E-state index in [1.54, 1.807) is 6.20 Å². The van der Waals surface area contributed by atoms with E-state index in [0.29, 0.717) is 19.5 Å². The number of methoxy groups -OCH3 is 1. The van der Waals surface area contributed by atoms with Crippen LogP contribution in [0.3, 0.4) is 0 Å². The fourth-order valence-corrected chi connectivity index (χ4v) is 2.39. The molecule has 1 aliphatic heterocycles. The number of aromatic nitrogens is 1. The van der Waals surface area contributed by atoms with Crippen LogP contribution in [0.1, 0.15) is 6.42 Å². The van der Waals surface area contributed by atoms with Crippen molar-refractivity contribution in [1.29, 1.82) is 0 Å². The summed E-state index contributed by atoms with van der Waals surface area (Å²) in [4.78, 5) is 29.0.